The molecule has 208 valence electrons. The van der Waals surface area contributed by atoms with Crippen LogP contribution >= 0.6 is 11.6 Å². The summed E-state index contributed by atoms with van der Waals surface area (Å²) in [6.07, 6.45) is 3.55. The van der Waals surface area contributed by atoms with Gasteiger partial charge in [-0.25, -0.2) is 9.37 Å². The third-order valence-electron chi connectivity index (χ3n) is 6.38. The van der Waals surface area contributed by atoms with E-state index in [1.807, 2.05) is 54.7 Å². The van der Waals surface area contributed by atoms with Crippen LogP contribution in [0.15, 0.2) is 97.3 Å². The Bertz CT molecular complexity index is 1650. The second-order valence-corrected chi connectivity index (χ2v) is 9.78. The molecule has 0 aliphatic rings. The fraction of sp³-hybridized carbons (Fsp3) is 0.156. The maximum Gasteiger partial charge on any atom is 0.325 e. The Hall–Kier alpha value is -4.69. The first kappa shape index (κ1) is 27.9. The zero-order chi connectivity index (χ0) is 28.8. The zero-order valence-corrected chi connectivity index (χ0v) is 23.1. The van der Waals surface area contributed by atoms with Crippen LogP contribution in [0.4, 0.5) is 4.39 Å². The van der Waals surface area contributed by atoms with Crippen molar-refractivity contribution in [2.75, 3.05) is 13.2 Å². The molecule has 0 saturated heterocycles. The quantitative estimate of drug-likeness (QED) is 0.177. The van der Waals surface area contributed by atoms with Gasteiger partial charge in [-0.2, -0.15) is 0 Å². The van der Waals surface area contributed by atoms with Gasteiger partial charge in [0.2, 0.25) is 0 Å². The number of carbonyl (C=O) groups excluding carboxylic acids is 2. The lowest BCUT2D eigenvalue weighted by Gasteiger charge is -2.21. The minimum absolute atomic E-state index is 0.166. The van der Waals surface area contributed by atoms with E-state index in [4.69, 9.17) is 21.1 Å². The Morgan fingerprint density at radius 1 is 0.878 bits per heavy atom. The fourth-order valence-corrected chi connectivity index (χ4v) is 4.42. The Morgan fingerprint density at radius 2 is 1.56 bits per heavy atom. The third-order valence-corrected chi connectivity index (χ3v) is 6.63. The molecule has 5 rings (SSSR count). The Morgan fingerprint density at radius 3 is 2.27 bits per heavy atom. The molecule has 41 heavy (non-hydrogen) atoms. The van der Waals surface area contributed by atoms with Gasteiger partial charge in [-0.05, 0) is 77.7 Å². The van der Waals surface area contributed by atoms with Gasteiger partial charge in [0.15, 0.2) is 0 Å². The van der Waals surface area contributed by atoms with Crippen molar-refractivity contribution in [3.8, 4) is 16.9 Å². The molecule has 0 saturated carbocycles. The highest BCUT2D eigenvalue weighted by Crippen LogP contribution is 2.23. The number of hydrogen-bond donors (Lipinski definition) is 0. The van der Waals surface area contributed by atoms with E-state index >= 15 is 0 Å². The molecule has 9 heteroatoms. The number of nitrogens with zero attached hydrogens (tertiary/aromatic N) is 3. The number of fused-ring (bicyclic) bond motifs is 1. The minimum atomic E-state index is -0.506. The number of benzene rings is 3. The molecule has 2 aromatic heterocycles. The van der Waals surface area contributed by atoms with Crippen LogP contribution < -0.4 is 4.74 Å². The highest BCUT2D eigenvalue weighted by Gasteiger charge is 2.23. The smallest absolute Gasteiger partial charge is 0.325 e. The average molecular weight is 572 g/mol. The van der Waals surface area contributed by atoms with Gasteiger partial charge in [0.25, 0.3) is 5.91 Å². The highest BCUT2D eigenvalue weighted by molar-refractivity contribution is 6.30. The van der Waals surface area contributed by atoms with Crippen LogP contribution in [-0.4, -0.2) is 39.3 Å². The molecule has 0 spiro atoms. The summed E-state index contributed by atoms with van der Waals surface area (Å²) >= 11 is 6.02. The van der Waals surface area contributed by atoms with Crippen molar-refractivity contribution in [3.63, 3.8) is 0 Å². The molecule has 5 aromatic rings. The summed E-state index contributed by atoms with van der Waals surface area (Å²) in [5.74, 6) is -0.579. The van der Waals surface area contributed by atoms with Gasteiger partial charge in [0.05, 0.1) is 6.61 Å². The van der Waals surface area contributed by atoms with Crippen LogP contribution in [0.5, 0.6) is 5.75 Å². The van der Waals surface area contributed by atoms with E-state index in [0.29, 0.717) is 23.0 Å². The summed E-state index contributed by atoms with van der Waals surface area (Å²) < 4.78 is 25.8. The molecular formula is C32H27ClFN3O4. The number of imidazole rings is 1. The Kier molecular flexibility index (Phi) is 8.60. The van der Waals surface area contributed by atoms with Crippen molar-refractivity contribution in [2.24, 2.45) is 0 Å². The van der Waals surface area contributed by atoms with Crippen LogP contribution in [-0.2, 0) is 22.7 Å². The molecule has 0 atom stereocenters. The molecule has 0 fully saturated rings. The lowest BCUT2D eigenvalue weighted by Crippen LogP contribution is -2.36. The van der Waals surface area contributed by atoms with Gasteiger partial charge in [0.1, 0.15) is 36.1 Å². The predicted octanol–water partition coefficient (Wildman–Crippen LogP) is 6.58. The monoisotopic (exact) mass is 571 g/mol. The van der Waals surface area contributed by atoms with E-state index in [2.05, 4.69) is 4.98 Å². The van der Waals surface area contributed by atoms with Crippen LogP contribution in [0, 0.1) is 5.82 Å². The molecule has 0 N–H and O–H groups in total. The standard InChI is InChI=1S/C32H27ClFN3O4/c1-2-40-31(38)20-37(17-22-5-14-28(15-6-22)41-21-23-3-12-27(34)13-4-23)32(39)29-19-36-18-25(9-16-30(36)35-29)24-7-10-26(33)11-8-24/h3-16,18-19H,2,17,20-21H2,1H3. The van der Waals surface area contributed by atoms with Crippen LogP contribution in [0.3, 0.4) is 0 Å². The molecule has 0 bridgehead atoms. The SMILES string of the molecule is CCOC(=O)CN(Cc1ccc(OCc2ccc(F)cc2)cc1)C(=O)c1cn2cc(-c3ccc(Cl)cc3)ccc2n1. The van der Waals surface area contributed by atoms with Gasteiger partial charge in [-0.15, -0.1) is 0 Å². The van der Waals surface area contributed by atoms with E-state index < -0.39 is 11.9 Å². The van der Waals surface area contributed by atoms with Crippen molar-refractivity contribution in [1.29, 1.82) is 0 Å². The topological polar surface area (TPSA) is 73.1 Å². The van der Waals surface area contributed by atoms with Gasteiger partial charge in [0, 0.05) is 24.0 Å². The summed E-state index contributed by atoms with van der Waals surface area (Å²) in [5, 5.41) is 0.652. The second kappa shape index (κ2) is 12.7. The number of carbonyl (C=O) groups is 2. The first-order valence-electron chi connectivity index (χ1n) is 13.0. The third kappa shape index (κ3) is 7.10. The molecule has 0 aliphatic heterocycles. The predicted molar refractivity (Wildman–Crippen MR) is 154 cm³/mol. The van der Waals surface area contributed by atoms with Gasteiger partial charge < -0.3 is 18.8 Å². The maximum absolute atomic E-state index is 13.6. The van der Waals surface area contributed by atoms with Crippen molar-refractivity contribution in [1.82, 2.24) is 14.3 Å². The summed E-state index contributed by atoms with van der Waals surface area (Å²) in [6.45, 7) is 2.16. The molecule has 2 heterocycles. The molecule has 0 aliphatic carbocycles. The molecular weight excluding hydrogens is 545 g/mol. The molecule has 7 nitrogen and oxygen atoms in total. The Labute approximate surface area is 241 Å². The second-order valence-electron chi connectivity index (χ2n) is 9.34. The summed E-state index contributed by atoms with van der Waals surface area (Å²) in [5.41, 5.74) is 4.37. The van der Waals surface area contributed by atoms with Gasteiger partial charge in [-0.1, -0.05) is 48.0 Å². The summed E-state index contributed by atoms with van der Waals surface area (Å²) in [4.78, 5) is 31.9. The number of hydrogen-bond acceptors (Lipinski definition) is 5. The van der Waals surface area contributed by atoms with E-state index in [9.17, 15) is 14.0 Å². The van der Waals surface area contributed by atoms with E-state index in [1.165, 1.54) is 17.0 Å². The van der Waals surface area contributed by atoms with Gasteiger partial charge in [-0.3, -0.25) is 9.59 Å². The van der Waals surface area contributed by atoms with Crippen LogP contribution in [0.2, 0.25) is 5.02 Å². The first-order valence-corrected chi connectivity index (χ1v) is 13.4. The largest absolute Gasteiger partial charge is 0.489 e. The summed E-state index contributed by atoms with van der Waals surface area (Å²) in [6, 6.07) is 24.6. The van der Waals surface area contributed by atoms with Crippen molar-refractivity contribution in [3.05, 3.63) is 125 Å². The van der Waals surface area contributed by atoms with Crippen molar-refractivity contribution < 1.29 is 23.5 Å². The minimum Gasteiger partial charge on any atom is -0.489 e. The number of halogens is 2. The molecule has 0 unspecified atom stereocenters. The lowest BCUT2D eigenvalue weighted by atomic mass is 10.1. The number of pyridine rings is 1. The average Bonchev–Trinajstić information content (AvgIpc) is 3.41. The highest BCUT2D eigenvalue weighted by atomic mass is 35.5. The normalized spacial score (nSPS) is 10.9. The van der Waals surface area contributed by atoms with Crippen molar-refractivity contribution in [2.45, 2.75) is 20.1 Å². The van der Waals surface area contributed by atoms with Gasteiger partial charge >= 0.3 is 5.97 Å². The molecule has 3 aromatic carbocycles. The fourth-order valence-electron chi connectivity index (χ4n) is 4.29. The first-order chi connectivity index (χ1) is 19.9. The van der Waals surface area contributed by atoms with E-state index in [-0.39, 0.29) is 31.2 Å². The molecule has 1 amide bonds. The maximum atomic E-state index is 13.6. The lowest BCUT2D eigenvalue weighted by molar-refractivity contribution is -0.143. The van der Waals surface area contributed by atoms with Crippen molar-refractivity contribution >= 4 is 29.1 Å². The zero-order valence-electron chi connectivity index (χ0n) is 22.3. The molecule has 0 radical (unpaired) electrons. The number of esters is 1. The number of amides is 1. The number of rotatable bonds is 10. The van der Waals surface area contributed by atoms with Crippen LogP contribution in [0.1, 0.15) is 28.5 Å². The van der Waals surface area contributed by atoms with Crippen LogP contribution in [0.25, 0.3) is 16.8 Å². The van der Waals surface area contributed by atoms with E-state index in [0.717, 1.165) is 22.3 Å². The van der Waals surface area contributed by atoms with E-state index in [1.54, 1.807) is 41.8 Å². The summed E-state index contributed by atoms with van der Waals surface area (Å²) in [7, 11) is 0. The number of ether oxygens (including phenoxy) is 2. The Balaban J connectivity index is 1.32. The number of aromatic nitrogens is 2.